The van der Waals surface area contributed by atoms with Gasteiger partial charge in [0.25, 0.3) is 0 Å². The molecule has 184 valence electrons. The molecule has 4 rings (SSSR count). The number of halogens is 4. The van der Waals surface area contributed by atoms with E-state index in [0.717, 1.165) is 23.3 Å². The molecule has 0 atom stereocenters. The zero-order valence-corrected chi connectivity index (χ0v) is 19.1. The summed E-state index contributed by atoms with van der Waals surface area (Å²) in [5.41, 5.74) is 6.37. The summed E-state index contributed by atoms with van der Waals surface area (Å²) in [7, 11) is 0. The van der Waals surface area contributed by atoms with Crippen molar-refractivity contribution in [3.8, 4) is 11.5 Å². The zero-order chi connectivity index (χ0) is 24.7. The van der Waals surface area contributed by atoms with Gasteiger partial charge in [0.15, 0.2) is 0 Å². The van der Waals surface area contributed by atoms with Crippen molar-refractivity contribution in [2.24, 2.45) is 5.73 Å². The minimum Gasteiger partial charge on any atom is -0.490 e. The van der Waals surface area contributed by atoms with Crippen LogP contribution in [0.5, 0.6) is 11.5 Å². The number of aliphatic carboxylic acids is 1. The Bertz CT molecular complexity index is 1020. The average molecular weight is 499 g/mol. The average Bonchev–Trinajstić information content (AvgIpc) is 3.59. The van der Waals surface area contributed by atoms with Crippen LogP contribution in [0, 0.1) is 0 Å². The van der Waals surface area contributed by atoms with E-state index in [1.165, 1.54) is 18.9 Å². The molecule has 0 aromatic heterocycles. The molecule has 0 unspecified atom stereocenters. The van der Waals surface area contributed by atoms with Crippen LogP contribution in [0.3, 0.4) is 0 Å². The summed E-state index contributed by atoms with van der Waals surface area (Å²) >= 11 is 5.84. The molecule has 0 radical (unpaired) electrons. The number of carboxylic acids is 1. The molecule has 0 spiro atoms. The summed E-state index contributed by atoms with van der Waals surface area (Å²) in [4.78, 5) is 11.4. The molecule has 0 saturated heterocycles. The minimum absolute atomic E-state index is 0.0901. The van der Waals surface area contributed by atoms with Crippen LogP contribution in [0.4, 0.5) is 13.2 Å². The highest BCUT2D eigenvalue weighted by Gasteiger charge is 2.31. The molecular weight excluding hydrogens is 473 g/mol. The summed E-state index contributed by atoms with van der Waals surface area (Å²) in [6.45, 7) is 1.29. The van der Waals surface area contributed by atoms with Crippen LogP contribution < -0.4 is 20.5 Å². The molecule has 0 bridgehead atoms. The van der Waals surface area contributed by atoms with Crippen LogP contribution in [0.2, 0.25) is 5.02 Å². The minimum atomic E-state index is -4.47. The number of nitrogens with two attached hydrogens (primary N) is 1. The number of hydrogen-bond acceptors (Lipinski definition) is 5. The third kappa shape index (κ3) is 7.65. The Balaban J connectivity index is 0.000000732. The predicted octanol–water partition coefficient (Wildman–Crippen LogP) is 4.76. The molecule has 2 aromatic rings. The molecule has 1 aliphatic heterocycles. The van der Waals surface area contributed by atoms with E-state index in [9.17, 15) is 23.1 Å². The van der Waals surface area contributed by atoms with Crippen molar-refractivity contribution in [1.29, 1.82) is 0 Å². The smallest absolute Gasteiger partial charge is 0.416 e. The Morgan fingerprint density at radius 3 is 2.32 bits per heavy atom. The zero-order valence-electron chi connectivity index (χ0n) is 18.3. The summed E-state index contributed by atoms with van der Waals surface area (Å²) in [6, 6.07) is 10.5. The van der Waals surface area contributed by atoms with Gasteiger partial charge in [-0.3, -0.25) is 0 Å². The van der Waals surface area contributed by atoms with E-state index in [-0.39, 0.29) is 24.0 Å². The molecule has 2 aromatic carbocycles. The quantitative estimate of drug-likeness (QED) is 0.477. The Labute approximate surface area is 200 Å². The highest BCUT2D eigenvalue weighted by molar-refractivity contribution is 6.32. The van der Waals surface area contributed by atoms with Crippen molar-refractivity contribution in [3.05, 3.63) is 64.2 Å². The maximum atomic E-state index is 12.6. The Kier molecular flexibility index (Phi) is 8.82. The first kappa shape index (κ1) is 25.9. The predicted molar refractivity (Wildman–Crippen MR) is 123 cm³/mol. The number of carbonyl (C=O) groups is 1. The number of nitrogens with one attached hydrogen (secondary N) is 1. The second-order valence-corrected chi connectivity index (χ2v) is 8.30. The number of carboxylic acid groups (broad SMARTS) is 1. The normalized spacial score (nSPS) is 15.9. The first-order valence-electron chi connectivity index (χ1n) is 10.8. The third-order valence-corrected chi connectivity index (χ3v) is 5.46. The van der Waals surface area contributed by atoms with Gasteiger partial charge in [0.2, 0.25) is 0 Å². The van der Waals surface area contributed by atoms with Gasteiger partial charge in [0.1, 0.15) is 24.7 Å². The number of hydrogen-bond donors (Lipinski definition) is 3. The number of ether oxygens (including phenoxy) is 2. The molecule has 34 heavy (non-hydrogen) atoms. The monoisotopic (exact) mass is 498 g/mol. The maximum absolute atomic E-state index is 12.6. The Morgan fingerprint density at radius 1 is 1.12 bits per heavy atom. The van der Waals surface area contributed by atoms with Crippen LogP contribution in [0.15, 0.2) is 48.0 Å². The molecule has 6 nitrogen and oxygen atoms in total. The lowest BCUT2D eigenvalue weighted by atomic mass is 9.94. The van der Waals surface area contributed by atoms with Gasteiger partial charge in [-0.15, -0.1) is 0 Å². The van der Waals surface area contributed by atoms with Gasteiger partial charge in [-0.1, -0.05) is 23.7 Å². The Hall–Kier alpha value is -2.75. The highest BCUT2D eigenvalue weighted by Crippen LogP contribution is 2.34. The molecular formula is C24H26ClF3N2O4. The van der Waals surface area contributed by atoms with E-state index in [4.69, 9.17) is 26.8 Å². The highest BCUT2D eigenvalue weighted by atomic mass is 35.5. The summed E-state index contributed by atoms with van der Waals surface area (Å²) in [5.74, 6) is -0.230. The standard InChI is InChI=1S/C21H19ClF3NO4.C3H7N/c22-18-11-14(21(23,24)25)3-6-19(18)30-10-9-29-15-4-1-13(2-5-15)16-7-8-26-12-17(16)20(27)28;4-3-1-2-3/h1-6,11,26H,7-10,12H2,(H,27,28);3H,1-2,4H2. The molecule has 1 aliphatic carbocycles. The topological polar surface area (TPSA) is 93.8 Å². The number of alkyl halides is 3. The first-order valence-corrected chi connectivity index (χ1v) is 11.2. The Morgan fingerprint density at radius 2 is 1.76 bits per heavy atom. The van der Waals surface area contributed by atoms with Gasteiger partial charge >= 0.3 is 12.1 Å². The maximum Gasteiger partial charge on any atom is 0.416 e. The van der Waals surface area contributed by atoms with Gasteiger partial charge in [0.05, 0.1) is 16.2 Å². The van der Waals surface area contributed by atoms with Crippen LogP contribution in [0.1, 0.15) is 30.4 Å². The second kappa shape index (κ2) is 11.6. The lowest BCUT2D eigenvalue weighted by molar-refractivity contribution is -0.137. The fraction of sp³-hybridized carbons (Fsp3) is 0.375. The molecule has 4 N–H and O–H groups in total. The SMILES string of the molecule is NC1CC1.O=C(O)C1=C(c2ccc(OCCOc3ccc(C(F)(F)F)cc3Cl)cc2)CCNC1. The molecule has 2 aliphatic rings. The summed E-state index contributed by atoms with van der Waals surface area (Å²) < 4.78 is 48.9. The molecule has 1 heterocycles. The van der Waals surface area contributed by atoms with Crippen molar-refractivity contribution in [2.75, 3.05) is 26.3 Å². The lowest BCUT2D eigenvalue weighted by Crippen LogP contribution is -2.28. The number of rotatable bonds is 7. The molecule has 1 fully saturated rings. The van der Waals surface area contributed by atoms with Crippen LogP contribution >= 0.6 is 11.6 Å². The second-order valence-electron chi connectivity index (χ2n) is 7.89. The lowest BCUT2D eigenvalue weighted by Gasteiger charge is -2.19. The van der Waals surface area contributed by atoms with Gasteiger partial charge in [-0.05, 0) is 67.3 Å². The van der Waals surface area contributed by atoms with Crippen molar-refractivity contribution >= 4 is 23.1 Å². The summed E-state index contributed by atoms with van der Waals surface area (Å²) in [6.07, 6.45) is -1.31. The van der Waals surface area contributed by atoms with Gasteiger partial charge in [0, 0.05) is 12.6 Å². The van der Waals surface area contributed by atoms with Crippen molar-refractivity contribution in [1.82, 2.24) is 5.32 Å². The first-order chi connectivity index (χ1) is 16.1. The summed E-state index contributed by atoms with van der Waals surface area (Å²) in [5, 5.41) is 12.3. The fourth-order valence-electron chi connectivity index (χ4n) is 3.16. The van der Waals surface area contributed by atoms with E-state index >= 15 is 0 Å². The van der Waals surface area contributed by atoms with Gasteiger partial charge in [-0.25, -0.2) is 4.79 Å². The third-order valence-electron chi connectivity index (χ3n) is 5.17. The van der Waals surface area contributed by atoms with E-state index in [1.807, 2.05) is 0 Å². The van der Waals surface area contributed by atoms with E-state index in [1.54, 1.807) is 24.3 Å². The van der Waals surface area contributed by atoms with Crippen LogP contribution in [0.25, 0.3) is 5.57 Å². The van der Waals surface area contributed by atoms with Gasteiger partial charge < -0.3 is 25.6 Å². The fourth-order valence-corrected chi connectivity index (χ4v) is 3.40. The molecule has 1 saturated carbocycles. The number of benzene rings is 2. The molecule has 10 heteroatoms. The van der Waals surface area contributed by atoms with Gasteiger partial charge in [-0.2, -0.15) is 13.2 Å². The van der Waals surface area contributed by atoms with Crippen molar-refractivity contribution in [3.63, 3.8) is 0 Å². The van der Waals surface area contributed by atoms with E-state index in [2.05, 4.69) is 5.32 Å². The van der Waals surface area contributed by atoms with E-state index in [0.29, 0.717) is 36.9 Å². The van der Waals surface area contributed by atoms with Crippen LogP contribution in [-0.4, -0.2) is 43.4 Å². The van der Waals surface area contributed by atoms with Crippen molar-refractivity contribution in [2.45, 2.75) is 31.5 Å². The largest absolute Gasteiger partial charge is 0.490 e. The van der Waals surface area contributed by atoms with Crippen LogP contribution in [-0.2, 0) is 11.0 Å². The van der Waals surface area contributed by atoms with Crippen molar-refractivity contribution < 1.29 is 32.5 Å². The van der Waals surface area contributed by atoms with E-state index < -0.39 is 17.7 Å². The molecule has 0 amide bonds.